The molecular formula is C14H14ClN3O2S2. The number of carbonyl (C=O) groups excluding carboxylic acids is 2. The largest absolute Gasteiger partial charge is 0.342 e. The number of hydrogen-bond acceptors (Lipinski definition) is 5. The number of amides is 2. The zero-order valence-corrected chi connectivity index (χ0v) is 14.2. The Morgan fingerprint density at radius 3 is 3.00 bits per heavy atom. The third kappa shape index (κ3) is 3.16. The predicted octanol–water partition coefficient (Wildman–Crippen LogP) is 3.33. The summed E-state index contributed by atoms with van der Waals surface area (Å²) >= 11 is 8.73. The second-order valence-electron chi connectivity index (χ2n) is 4.96. The van der Waals surface area contributed by atoms with Gasteiger partial charge in [0.2, 0.25) is 11.8 Å². The predicted molar refractivity (Wildman–Crippen MR) is 89.4 cm³/mol. The number of thiazole rings is 1. The van der Waals surface area contributed by atoms with Gasteiger partial charge in [-0.25, -0.2) is 4.98 Å². The molecule has 0 saturated carbocycles. The minimum Gasteiger partial charge on any atom is -0.342 e. The summed E-state index contributed by atoms with van der Waals surface area (Å²) in [4.78, 5) is 31.0. The van der Waals surface area contributed by atoms with Gasteiger partial charge in [-0.15, -0.1) is 22.7 Å². The number of anilines is 1. The van der Waals surface area contributed by atoms with Crippen molar-refractivity contribution in [1.82, 2.24) is 9.88 Å². The number of nitrogens with zero attached hydrogens (tertiary/aromatic N) is 2. The first-order valence-corrected chi connectivity index (χ1v) is 8.94. The molecule has 1 aliphatic rings. The van der Waals surface area contributed by atoms with E-state index in [1.54, 1.807) is 4.90 Å². The van der Waals surface area contributed by atoms with Gasteiger partial charge in [0.05, 0.1) is 20.8 Å². The van der Waals surface area contributed by atoms with E-state index in [1.165, 1.54) is 22.7 Å². The Balaban J connectivity index is 1.65. The third-order valence-electron chi connectivity index (χ3n) is 3.53. The molecule has 5 nitrogen and oxygen atoms in total. The van der Waals surface area contributed by atoms with Crippen LogP contribution in [0.2, 0.25) is 4.34 Å². The van der Waals surface area contributed by atoms with E-state index in [4.69, 9.17) is 11.6 Å². The molecule has 0 bridgehead atoms. The molecule has 22 heavy (non-hydrogen) atoms. The van der Waals surface area contributed by atoms with Gasteiger partial charge in [-0.05, 0) is 19.1 Å². The summed E-state index contributed by atoms with van der Waals surface area (Å²) in [6.07, 6.45) is 0.276. The van der Waals surface area contributed by atoms with Crippen molar-refractivity contribution < 1.29 is 9.59 Å². The van der Waals surface area contributed by atoms with Crippen LogP contribution in [0.15, 0.2) is 17.5 Å². The highest BCUT2D eigenvalue weighted by molar-refractivity contribution is 7.20. The van der Waals surface area contributed by atoms with Crippen LogP contribution in [0.5, 0.6) is 0 Å². The van der Waals surface area contributed by atoms with Crippen LogP contribution in [0.1, 0.15) is 13.3 Å². The van der Waals surface area contributed by atoms with Crippen LogP contribution in [0, 0.1) is 5.92 Å². The summed E-state index contributed by atoms with van der Waals surface area (Å²) in [5.74, 6) is -0.402. The molecule has 2 aromatic rings. The van der Waals surface area contributed by atoms with Crippen molar-refractivity contribution in [2.24, 2.45) is 5.92 Å². The van der Waals surface area contributed by atoms with Gasteiger partial charge < -0.3 is 10.2 Å². The molecule has 1 N–H and O–H groups in total. The van der Waals surface area contributed by atoms with Gasteiger partial charge in [-0.2, -0.15) is 0 Å². The van der Waals surface area contributed by atoms with Crippen LogP contribution >= 0.6 is 34.3 Å². The molecule has 0 aliphatic carbocycles. The Labute approximate surface area is 140 Å². The van der Waals surface area contributed by atoms with Gasteiger partial charge in [-0.3, -0.25) is 9.59 Å². The molecule has 0 spiro atoms. The lowest BCUT2D eigenvalue weighted by Gasteiger charge is -2.12. The van der Waals surface area contributed by atoms with Crippen LogP contribution in [0.25, 0.3) is 10.6 Å². The summed E-state index contributed by atoms with van der Waals surface area (Å²) in [6, 6.07) is 3.73. The summed E-state index contributed by atoms with van der Waals surface area (Å²) in [5, 5.41) is 5.24. The van der Waals surface area contributed by atoms with Crippen molar-refractivity contribution in [2.75, 3.05) is 18.4 Å². The van der Waals surface area contributed by atoms with Gasteiger partial charge in [0, 0.05) is 24.9 Å². The number of nitrogens with one attached hydrogen (secondary N) is 1. The second-order valence-corrected chi connectivity index (χ2v) is 7.54. The maximum absolute atomic E-state index is 12.2. The van der Waals surface area contributed by atoms with Crippen molar-refractivity contribution in [3.63, 3.8) is 0 Å². The number of thiophene rings is 1. The monoisotopic (exact) mass is 355 g/mol. The quantitative estimate of drug-likeness (QED) is 0.915. The molecule has 3 rings (SSSR count). The highest BCUT2D eigenvalue weighted by atomic mass is 35.5. The first-order chi connectivity index (χ1) is 10.6. The average molecular weight is 356 g/mol. The number of hydrogen-bond donors (Lipinski definition) is 1. The fourth-order valence-corrected chi connectivity index (χ4v) is 4.15. The van der Waals surface area contributed by atoms with E-state index in [-0.39, 0.29) is 24.2 Å². The van der Waals surface area contributed by atoms with E-state index in [9.17, 15) is 9.59 Å². The molecule has 8 heteroatoms. The number of aromatic nitrogens is 1. The van der Waals surface area contributed by atoms with E-state index < -0.39 is 0 Å². The van der Waals surface area contributed by atoms with Crippen LogP contribution < -0.4 is 5.32 Å². The van der Waals surface area contributed by atoms with E-state index in [0.717, 1.165) is 10.6 Å². The fraction of sp³-hybridized carbons (Fsp3) is 0.357. The Morgan fingerprint density at radius 2 is 2.36 bits per heavy atom. The molecule has 1 fully saturated rings. The smallest absolute Gasteiger partial charge is 0.231 e. The first kappa shape index (κ1) is 15.5. The molecule has 1 saturated heterocycles. The van der Waals surface area contributed by atoms with Crippen LogP contribution in [0.3, 0.4) is 0 Å². The van der Waals surface area contributed by atoms with Crippen molar-refractivity contribution in [1.29, 1.82) is 0 Å². The summed E-state index contributed by atoms with van der Waals surface area (Å²) in [6.45, 7) is 3.04. The van der Waals surface area contributed by atoms with E-state index in [1.807, 2.05) is 24.4 Å². The first-order valence-electron chi connectivity index (χ1n) is 6.86. The lowest BCUT2D eigenvalue weighted by molar-refractivity contribution is -0.128. The fourth-order valence-electron chi connectivity index (χ4n) is 2.36. The highest BCUT2D eigenvalue weighted by Crippen LogP contribution is 2.33. The van der Waals surface area contributed by atoms with Crippen molar-refractivity contribution >= 4 is 51.2 Å². The van der Waals surface area contributed by atoms with Gasteiger partial charge in [0.1, 0.15) is 0 Å². The molecule has 0 aromatic carbocycles. The lowest BCUT2D eigenvalue weighted by atomic mass is 10.1. The van der Waals surface area contributed by atoms with Crippen molar-refractivity contribution in [3.8, 4) is 10.6 Å². The topological polar surface area (TPSA) is 62.3 Å². The van der Waals surface area contributed by atoms with E-state index in [2.05, 4.69) is 10.3 Å². The van der Waals surface area contributed by atoms with E-state index in [0.29, 0.717) is 22.6 Å². The zero-order chi connectivity index (χ0) is 15.7. The Kier molecular flexibility index (Phi) is 4.46. The molecule has 1 atom stereocenters. The highest BCUT2D eigenvalue weighted by Gasteiger charge is 2.33. The van der Waals surface area contributed by atoms with Crippen molar-refractivity contribution in [3.05, 3.63) is 21.8 Å². The maximum atomic E-state index is 12.2. The molecule has 1 aliphatic heterocycles. The molecular weight excluding hydrogens is 342 g/mol. The minimum absolute atomic E-state index is 0.0377. The second kappa shape index (κ2) is 6.36. The molecule has 0 unspecified atom stereocenters. The Hall–Kier alpha value is -1.44. The number of rotatable bonds is 4. The lowest BCUT2D eigenvalue weighted by Crippen LogP contribution is -2.28. The summed E-state index contributed by atoms with van der Waals surface area (Å²) in [5.41, 5.74) is 0.801. The maximum Gasteiger partial charge on any atom is 0.231 e. The number of carbonyl (C=O) groups is 2. The molecule has 2 aromatic heterocycles. The summed E-state index contributed by atoms with van der Waals surface area (Å²) in [7, 11) is 0. The molecule has 3 heterocycles. The average Bonchev–Trinajstić information content (AvgIpc) is 3.18. The van der Waals surface area contributed by atoms with Gasteiger partial charge in [-0.1, -0.05) is 11.6 Å². The Morgan fingerprint density at radius 1 is 1.55 bits per heavy atom. The summed E-state index contributed by atoms with van der Waals surface area (Å²) < 4.78 is 0.706. The number of halogens is 1. The van der Waals surface area contributed by atoms with Gasteiger partial charge in [0.15, 0.2) is 5.13 Å². The standard InChI is InChI=1S/C14H14ClN3O2S2/c1-2-18-6-8(5-12(18)19)13(20)17-14-16-9(7-21-14)10-3-4-11(15)22-10/h3-4,7-8H,2,5-6H2,1H3,(H,16,17,20)/t8-/m0/s1. The van der Waals surface area contributed by atoms with Gasteiger partial charge in [0.25, 0.3) is 0 Å². The normalized spacial score (nSPS) is 18.0. The molecule has 116 valence electrons. The molecule has 0 radical (unpaired) electrons. The number of likely N-dealkylation sites (tertiary alicyclic amines) is 1. The zero-order valence-electron chi connectivity index (χ0n) is 11.8. The van der Waals surface area contributed by atoms with Crippen LogP contribution in [-0.2, 0) is 9.59 Å². The van der Waals surface area contributed by atoms with Crippen LogP contribution in [-0.4, -0.2) is 34.8 Å². The third-order valence-corrected chi connectivity index (χ3v) is 5.54. The van der Waals surface area contributed by atoms with Crippen molar-refractivity contribution in [2.45, 2.75) is 13.3 Å². The van der Waals surface area contributed by atoms with Crippen LogP contribution in [0.4, 0.5) is 5.13 Å². The minimum atomic E-state index is -0.295. The Bertz CT molecular complexity index is 713. The molecule has 2 amide bonds. The van der Waals surface area contributed by atoms with E-state index >= 15 is 0 Å². The SMILES string of the molecule is CCN1C[C@@H](C(=O)Nc2nc(-c3ccc(Cl)s3)cs2)CC1=O. The van der Waals surface area contributed by atoms with Gasteiger partial charge >= 0.3 is 0 Å².